The van der Waals surface area contributed by atoms with Crippen LogP contribution in [-0.4, -0.2) is 36.7 Å². The van der Waals surface area contributed by atoms with E-state index in [1.54, 1.807) is 0 Å². The molecule has 0 spiro atoms. The molecule has 0 radical (unpaired) electrons. The molecule has 0 aliphatic heterocycles. The maximum atomic E-state index is 11.6. The molecule has 0 atom stereocenters. The van der Waals surface area contributed by atoms with Crippen LogP contribution in [0.25, 0.3) is 0 Å². The van der Waals surface area contributed by atoms with Gasteiger partial charge in [-0.25, -0.2) is 0 Å². The van der Waals surface area contributed by atoms with Crippen LogP contribution in [0.1, 0.15) is 196 Å². The van der Waals surface area contributed by atoms with Crippen LogP contribution in [0, 0.1) is 0 Å². The zero-order chi connectivity index (χ0) is 31.7. The van der Waals surface area contributed by atoms with Crippen LogP contribution in [0.5, 0.6) is 0 Å². The SMILES string of the molecule is CC(C)OC(=O)CCCCC(=O)OC(C)C.CCCCCCCCCCCCCCCCOC(=O)CCCCCCC. The van der Waals surface area contributed by atoms with E-state index < -0.39 is 0 Å². The lowest BCUT2D eigenvalue weighted by atomic mass is 10.0. The van der Waals surface area contributed by atoms with Gasteiger partial charge >= 0.3 is 17.9 Å². The van der Waals surface area contributed by atoms with Crippen LogP contribution in [0.4, 0.5) is 0 Å². The Morgan fingerprint density at radius 3 is 1.05 bits per heavy atom. The highest BCUT2D eigenvalue weighted by Gasteiger charge is 2.08. The lowest BCUT2D eigenvalue weighted by Crippen LogP contribution is -2.12. The van der Waals surface area contributed by atoms with Crippen LogP contribution in [0.15, 0.2) is 0 Å². The zero-order valence-corrected chi connectivity index (χ0v) is 28.8. The molecule has 0 amide bonds. The van der Waals surface area contributed by atoms with Crippen LogP contribution >= 0.6 is 0 Å². The standard InChI is InChI=1S/C24H48O2.C12H22O4/c1-3-5-7-9-10-11-12-13-14-15-16-17-19-21-23-26-24(25)22-20-18-8-6-4-2;1-9(2)15-11(13)7-5-6-8-12(14)16-10(3)4/h3-23H2,1-2H3;9-10H,5-8H2,1-4H3. The molecule has 0 aromatic carbocycles. The highest BCUT2D eigenvalue weighted by Crippen LogP contribution is 2.13. The van der Waals surface area contributed by atoms with Gasteiger partial charge in [0.25, 0.3) is 0 Å². The first-order chi connectivity index (χ1) is 20.2. The van der Waals surface area contributed by atoms with E-state index >= 15 is 0 Å². The summed E-state index contributed by atoms with van der Waals surface area (Å²) in [5.41, 5.74) is 0. The minimum atomic E-state index is -0.202. The van der Waals surface area contributed by atoms with Crippen molar-refractivity contribution in [1.82, 2.24) is 0 Å². The number of unbranched alkanes of at least 4 members (excludes halogenated alkanes) is 18. The number of hydrogen-bond acceptors (Lipinski definition) is 6. The Bertz CT molecular complexity index is 578. The van der Waals surface area contributed by atoms with Crippen molar-refractivity contribution in [3.63, 3.8) is 0 Å². The predicted molar refractivity (Wildman–Crippen MR) is 176 cm³/mol. The summed E-state index contributed by atoms with van der Waals surface area (Å²) in [4.78, 5) is 33.9. The Hall–Kier alpha value is -1.59. The highest BCUT2D eigenvalue weighted by molar-refractivity contribution is 5.70. The molecule has 0 saturated carbocycles. The normalized spacial score (nSPS) is 10.9. The van der Waals surface area contributed by atoms with Gasteiger partial charge in [0.05, 0.1) is 18.8 Å². The first-order valence-electron chi connectivity index (χ1n) is 17.8. The van der Waals surface area contributed by atoms with Gasteiger partial charge in [-0.3, -0.25) is 14.4 Å². The van der Waals surface area contributed by atoms with Gasteiger partial charge in [-0.2, -0.15) is 0 Å². The van der Waals surface area contributed by atoms with Crippen LogP contribution < -0.4 is 0 Å². The second-order valence-corrected chi connectivity index (χ2v) is 12.3. The summed E-state index contributed by atoms with van der Waals surface area (Å²) in [7, 11) is 0. The molecule has 6 heteroatoms. The minimum Gasteiger partial charge on any atom is -0.466 e. The smallest absolute Gasteiger partial charge is 0.306 e. The van der Waals surface area contributed by atoms with Crippen LogP contribution in [-0.2, 0) is 28.6 Å². The zero-order valence-electron chi connectivity index (χ0n) is 28.8. The van der Waals surface area contributed by atoms with Gasteiger partial charge in [0.1, 0.15) is 0 Å². The van der Waals surface area contributed by atoms with Crippen molar-refractivity contribution in [2.75, 3.05) is 6.61 Å². The fourth-order valence-corrected chi connectivity index (χ4v) is 4.61. The quantitative estimate of drug-likeness (QED) is 0.0506. The third-order valence-electron chi connectivity index (χ3n) is 6.99. The number of ether oxygens (including phenoxy) is 3. The molecule has 0 heterocycles. The fraction of sp³-hybridized carbons (Fsp3) is 0.917. The van der Waals surface area contributed by atoms with Crippen molar-refractivity contribution in [2.24, 2.45) is 0 Å². The predicted octanol–water partition coefficient (Wildman–Crippen LogP) is 10.8. The topological polar surface area (TPSA) is 78.9 Å². The molecule has 0 aliphatic carbocycles. The van der Waals surface area contributed by atoms with Crippen LogP contribution in [0.3, 0.4) is 0 Å². The second kappa shape index (κ2) is 33.9. The van der Waals surface area contributed by atoms with Crippen molar-refractivity contribution in [2.45, 2.75) is 208 Å². The molecule has 0 rings (SSSR count). The molecule has 0 N–H and O–H groups in total. The summed E-state index contributed by atoms with van der Waals surface area (Å²) < 4.78 is 15.3. The lowest BCUT2D eigenvalue weighted by Gasteiger charge is -2.08. The Morgan fingerprint density at radius 2 is 0.690 bits per heavy atom. The Labute approximate surface area is 260 Å². The van der Waals surface area contributed by atoms with Gasteiger partial charge in [0.15, 0.2) is 0 Å². The Morgan fingerprint density at radius 1 is 0.405 bits per heavy atom. The van der Waals surface area contributed by atoms with E-state index in [0.29, 0.717) is 38.7 Å². The number of carbonyl (C=O) groups is 3. The number of rotatable bonds is 28. The van der Waals surface area contributed by atoms with E-state index in [-0.39, 0.29) is 30.1 Å². The molecular weight excluding hydrogens is 528 g/mol. The molecule has 6 nitrogen and oxygen atoms in total. The number of carbonyl (C=O) groups excluding carboxylic acids is 3. The van der Waals surface area contributed by atoms with E-state index in [4.69, 9.17) is 14.2 Å². The van der Waals surface area contributed by atoms with Crippen molar-refractivity contribution in [1.29, 1.82) is 0 Å². The maximum Gasteiger partial charge on any atom is 0.306 e. The molecule has 0 saturated heterocycles. The largest absolute Gasteiger partial charge is 0.466 e. The van der Waals surface area contributed by atoms with Crippen molar-refractivity contribution in [3.05, 3.63) is 0 Å². The van der Waals surface area contributed by atoms with Crippen molar-refractivity contribution in [3.8, 4) is 0 Å². The fourth-order valence-electron chi connectivity index (χ4n) is 4.61. The molecule has 250 valence electrons. The lowest BCUT2D eigenvalue weighted by molar-refractivity contribution is -0.149. The molecule has 0 aromatic rings. The van der Waals surface area contributed by atoms with E-state index in [9.17, 15) is 14.4 Å². The first kappa shape index (κ1) is 42.5. The molecule has 0 aliphatic rings. The van der Waals surface area contributed by atoms with E-state index in [2.05, 4.69) is 13.8 Å². The molecular formula is C36H70O6. The summed E-state index contributed by atoms with van der Waals surface area (Å²) >= 11 is 0. The van der Waals surface area contributed by atoms with Crippen molar-refractivity contribution >= 4 is 17.9 Å². The minimum absolute atomic E-state index is 0.0104. The molecule has 0 fully saturated rings. The van der Waals surface area contributed by atoms with E-state index in [0.717, 1.165) is 12.8 Å². The monoisotopic (exact) mass is 599 g/mol. The van der Waals surface area contributed by atoms with Gasteiger partial charge < -0.3 is 14.2 Å². The summed E-state index contributed by atoms with van der Waals surface area (Å²) in [6.45, 7) is 12.4. The maximum absolute atomic E-state index is 11.6. The van der Waals surface area contributed by atoms with Gasteiger partial charge in [0, 0.05) is 19.3 Å². The van der Waals surface area contributed by atoms with Gasteiger partial charge in [-0.15, -0.1) is 0 Å². The molecule has 0 bridgehead atoms. The third kappa shape index (κ3) is 38.4. The summed E-state index contributed by atoms with van der Waals surface area (Å²) in [6, 6.07) is 0. The van der Waals surface area contributed by atoms with Crippen LogP contribution in [0.2, 0.25) is 0 Å². The Kier molecular flexibility index (Phi) is 34.3. The average Bonchev–Trinajstić information content (AvgIpc) is 2.92. The average molecular weight is 599 g/mol. The molecule has 0 aromatic heterocycles. The number of hydrogen-bond donors (Lipinski definition) is 0. The van der Waals surface area contributed by atoms with Gasteiger partial charge in [0.2, 0.25) is 0 Å². The third-order valence-corrected chi connectivity index (χ3v) is 6.99. The van der Waals surface area contributed by atoms with Gasteiger partial charge in [-0.1, -0.05) is 123 Å². The van der Waals surface area contributed by atoms with Gasteiger partial charge in [-0.05, 0) is 53.4 Å². The van der Waals surface area contributed by atoms with E-state index in [1.807, 2.05) is 27.7 Å². The number of esters is 3. The highest BCUT2D eigenvalue weighted by atomic mass is 16.5. The molecule has 42 heavy (non-hydrogen) atoms. The van der Waals surface area contributed by atoms with Crippen molar-refractivity contribution < 1.29 is 28.6 Å². The van der Waals surface area contributed by atoms with E-state index in [1.165, 1.54) is 109 Å². The Balaban J connectivity index is 0. The summed E-state index contributed by atoms with van der Waals surface area (Å²) in [5, 5.41) is 0. The summed E-state index contributed by atoms with van der Waals surface area (Å²) in [6.07, 6.45) is 27.6. The first-order valence-corrected chi connectivity index (χ1v) is 17.8. The molecule has 0 unspecified atom stereocenters. The second-order valence-electron chi connectivity index (χ2n) is 12.3. The summed E-state index contributed by atoms with van der Waals surface area (Å²) in [5.74, 6) is -0.393.